The van der Waals surface area contributed by atoms with E-state index in [0.29, 0.717) is 44.6 Å². The van der Waals surface area contributed by atoms with Crippen LogP contribution in [0.2, 0.25) is 10.0 Å². The normalized spacial score (nSPS) is 10.9. The number of nitrogens with zero attached hydrogens (tertiary/aromatic N) is 2. The lowest BCUT2D eigenvalue weighted by Crippen LogP contribution is -2.24. The number of aryl methyl sites for hydroxylation is 1. The Hall–Kier alpha value is -5.11. The van der Waals surface area contributed by atoms with Gasteiger partial charge in [0.25, 0.3) is 5.56 Å². The molecular formula is C36H29Cl2N5O2. The molecule has 45 heavy (non-hydrogen) atoms. The van der Waals surface area contributed by atoms with Gasteiger partial charge in [-0.05, 0) is 78.7 Å². The Bertz CT molecular complexity index is 2060. The van der Waals surface area contributed by atoms with Crippen molar-refractivity contribution in [1.29, 1.82) is 0 Å². The van der Waals surface area contributed by atoms with Crippen LogP contribution < -0.4 is 21.5 Å². The molecule has 0 radical (unpaired) electrons. The lowest BCUT2D eigenvalue weighted by atomic mass is 10.1. The van der Waals surface area contributed by atoms with E-state index in [-0.39, 0.29) is 18.0 Å². The molecule has 5 aromatic carbocycles. The zero-order valence-corrected chi connectivity index (χ0v) is 25.9. The van der Waals surface area contributed by atoms with Crippen molar-refractivity contribution in [3.05, 3.63) is 153 Å². The van der Waals surface area contributed by atoms with Crippen molar-refractivity contribution in [2.45, 2.75) is 13.3 Å². The molecule has 1 aromatic heterocycles. The van der Waals surface area contributed by atoms with Crippen molar-refractivity contribution < 1.29 is 4.79 Å². The number of rotatable bonds is 9. The summed E-state index contributed by atoms with van der Waals surface area (Å²) in [5.41, 5.74) is 5.92. The molecule has 0 spiro atoms. The maximum absolute atomic E-state index is 13.9. The summed E-state index contributed by atoms with van der Waals surface area (Å²) in [4.78, 5) is 31.4. The summed E-state index contributed by atoms with van der Waals surface area (Å²) in [6.45, 7) is 2.04. The summed E-state index contributed by atoms with van der Waals surface area (Å²) in [5, 5.41) is 11.0. The first-order chi connectivity index (χ1) is 21.9. The number of hydrogen-bond acceptors (Lipinski definition) is 5. The number of hydrogen-bond donors (Lipinski definition) is 3. The molecule has 0 aliphatic heterocycles. The molecule has 0 bridgehead atoms. The SMILES string of the molecule is Cc1ccccc1NC(=O)CNc1ccc(-n2c(Cc3ccccc3Nc3c(Cl)cccc3Cl)nc3ccccc3c2=O)cc1. The number of carbonyl (C=O) groups is 1. The molecule has 6 rings (SSSR count). The van der Waals surface area contributed by atoms with Crippen molar-refractivity contribution in [2.75, 3.05) is 22.5 Å². The van der Waals surface area contributed by atoms with Crippen LogP contribution in [0.4, 0.5) is 22.7 Å². The number of carbonyl (C=O) groups excluding carboxylic acids is 1. The van der Waals surface area contributed by atoms with E-state index in [0.717, 1.165) is 28.2 Å². The van der Waals surface area contributed by atoms with Crippen LogP contribution in [0.25, 0.3) is 16.6 Å². The van der Waals surface area contributed by atoms with Gasteiger partial charge in [-0.25, -0.2) is 4.98 Å². The Morgan fingerprint density at radius 1 is 0.778 bits per heavy atom. The summed E-state index contributed by atoms with van der Waals surface area (Å²) in [7, 11) is 0. The number of para-hydroxylation sites is 4. The first-order valence-electron chi connectivity index (χ1n) is 14.4. The molecule has 0 atom stereocenters. The lowest BCUT2D eigenvalue weighted by Gasteiger charge is -2.17. The average molecular weight is 635 g/mol. The van der Waals surface area contributed by atoms with E-state index in [1.54, 1.807) is 28.8 Å². The summed E-state index contributed by atoms with van der Waals surface area (Å²) in [5.74, 6) is 0.410. The molecule has 6 aromatic rings. The highest BCUT2D eigenvalue weighted by molar-refractivity contribution is 6.39. The molecule has 7 nitrogen and oxygen atoms in total. The van der Waals surface area contributed by atoms with Gasteiger partial charge in [-0.3, -0.25) is 14.2 Å². The summed E-state index contributed by atoms with van der Waals surface area (Å²) in [6, 6.07) is 35.4. The minimum atomic E-state index is -0.173. The monoisotopic (exact) mass is 633 g/mol. The summed E-state index contributed by atoms with van der Waals surface area (Å²) >= 11 is 12.9. The molecular weight excluding hydrogens is 605 g/mol. The van der Waals surface area contributed by atoms with E-state index < -0.39 is 0 Å². The van der Waals surface area contributed by atoms with Crippen LogP contribution in [0.15, 0.2) is 120 Å². The second-order valence-corrected chi connectivity index (χ2v) is 11.3. The van der Waals surface area contributed by atoms with Crippen LogP contribution in [0, 0.1) is 6.92 Å². The van der Waals surface area contributed by atoms with E-state index in [2.05, 4.69) is 16.0 Å². The van der Waals surface area contributed by atoms with Crippen molar-refractivity contribution in [3.8, 4) is 5.69 Å². The van der Waals surface area contributed by atoms with Gasteiger partial charge in [-0.2, -0.15) is 0 Å². The number of nitrogens with one attached hydrogen (secondary N) is 3. The van der Waals surface area contributed by atoms with E-state index in [1.165, 1.54) is 0 Å². The fourth-order valence-corrected chi connectivity index (χ4v) is 5.59. The molecule has 0 unspecified atom stereocenters. The maximum Gasteiger partial charge on any atom is 0.265 e. The van der Waals surface area contributed by atoms with Gasteiger partial charge >= 0.3 is 0 Å². The van der Waals surface area contributed by atoms with Gasteiger partial charge in [-0.1, -0.05) is 77.8 Å². The zero-order chi connectivity index (χ0) is 31.3. The highest BCUT2D eigenvalue weighted by Crippen LogP contribution is 2.34. The molecule has 0 aliphatic carbocycles. The number of anilines is 4. The molecule has 1 amide bonds. The van der Waals surface area contributed by atoms with Gasteiger partial charge in [0.1, 0.15) is 5.82 Å². The topological polar surface area (TPSA) is 88.1 Å². The molecule has 1 heterocycles. The Morgan fingerprint density at radius 2 is 1.44 bits per heavy atom. The number of benzene rings is 5. The molecule has 0 fully saturated rings. The third-order valence-electron chi connectivity index (χ3n) is 7.43. The van der Waals surface area contributed by atoms with Crippen LogP contribution in [0.3, 0.4) is 0 Å². The fourth-order valence-electron chi connectivity index (χ4n) is 5.10. The Balaban J connectivity index is 1.29. The van der Waals surface area contributed by atoms with Crippen molar-refractivity contribution in [3.63, 3.8) is 0 Å². The minimum absolute atomic E-state index is 0.0929. The van der Waals surface area contributed by atoms with Crippen LogP contribution >= 0.6 is 23.2 Å². The third kappa shape index (κ3) is 6.70. The van der Waals surface area contributed by atoms with Crippen molar-refractivity contribution in [1.82, 2.24) is 9.55 Å². The summed E-state index contributed by atoms with van der Waals surface area (Å²) < 4.78 is 1.64. The maximum atomic E-state index is 13.9. The molecule has 0 aliphatic rings. The van der Waals surface area contributed by atoms with Gasteiger partial charge < -0.3 is 16.0 Å². The number of amides is 1. The van der Waals surface area contributed by atoms with Gasteiger partial charge in [0.15, 0.2) is 0 Å². The molecule has 224 valence electrons. The predicted molar refractivity (Wildman–Crippen MR) is 185 cm³/mol. The first kappa shape index (κ1) is 29.9. The van der Waals surface area contributed by atoms with E-state index in [1.807, 2.05) is 97.9 Å². The van der Waals surface area contributed by atoms with Gasteiger partial charge in [0.05, 0.1) is 38.9 Å². The van der Waals surface area contributed by atoms with Crippen LogP contribution in [-0.4, -0.2) is 22.0 Å². The largest absolute Gasteiger partial charge is 0.376 e. The highest BCUT2D eigenvalue weighted by Gasteiger charge is 2.16. The van der Waals surface area contributed by atoms with Gasteiger partial charge in [-0.15, -0.1) is 0 Å². The zero-order valence-electron chi connectivity index (χ0n) is 24.4. The summed E-state index contributed by atoms with van der Waals surface area (Å²) in [6.07, 6.45) is 0.352. The van der Waals surface area contributed by atoms with Gasteiger partial charge in [0, 0.05) is 23.5 Å². The Morgan fingerprint density at radius 3 is 2.20 bits per heavy atom. The minimum Gasteiger partial charge on any atom is -0.376 e. The van der Waals surface area contributed by atoms with E-state index >= 15 is 0 Å². The second-order valence-electron chi connectivity index (χ2n) is 10.5. The molecule has 0 saturated carbocycles. The first-order valence-corrected chi connectivity index (χ1v) is 15.1. The van der Waals surface area contributed by atoms with Crippen LogP contribution in [0.5, 0.6) is 0 Å². The molecule has 3 N–H and O–H groups in total. The quantitative estimate of drug-likeness (QED) is 0.149. The average Bonchev–Trinajstić information content (AvgIpc) is 3.04. The smallest absolute Gasteiger partial charge is 0.265 e. The highest BCUT2D eigenvalue weighted by atomic mass is 35.5. The van der Waals surface area contributed by atoms with Crippen molar-refractivity contribution in [2.24, 2.45) is 0 Å². The second kappa shape index (κ2) is 13.3. The number of halogens is 2. The van der Waals surface area contributed by atoms with Crippen LogP contribution in [-0.2, 0) is 11.2 Å². The van der Waals surface area contributed by atoms with Crippen molar-refractivity contribution >= 4 is 62.8 Å². The Kier molecular flexibility index (Phi) is 8.82. The van der Waals surface area contributed by atoms with E-state index in [9.17, 15) is 9.59 Å². The number of fused-ring (bicyclic) bond motifs is 1. The van der Waals surface area contributed by atoms with Gasteiger partial charge in [0.2, 0.25) is 5.91 Å². The Labute approximate surface area is 270 Å². The number of aromatic nitrogens is 2. The molecule has 0 saturated heterocycles. The standard InChI is InChI=1S/C36H29Cl2N5O2/c1-23-9-2-5-14-30(23)41-34(44)22-39-25-17-19-26(20-18-25)43-33(40-32-16-7-4-11-27(32)36(43)45)21-24-10-3-6-15-31(24)42-35-28(37)12-8-13-29(35)38/h2-20,39,42H,21-22H2,1H3,(H,41,44). The van der Waals surface area contributed by atoms with E-state index in [4.69, 9.17) is 28.2 Å². The molecule has 9 heteroatoms. The fraction of sp³-hybridized carbons (Fsp3) is 0.0833. The van der Waals surface area contributed by atoms with Crippen LogP contribution in [0.1, 0.15) is 17.0 Å². The lowest BCUT2D eigenvalue weighted by molar-refractivity contribution is -0.114. The predicted octanol–water partition coefficient (Wildman–Crippen LogP) is 8.39. The third-order valence-corrected chi connectivity index (χ3v) is 8.06.